The van der Waals surface area contributed by atoms with Crippen LogP contribution in [0.4, 0.5) is 11.4 Å². The number of unbranched alkanes of at least 4 members (excludes halogenated alkanes) is 2. The first-order valence-electron chi connectivity index (χ1n) is 13.5. The molecule has 0 saturated carbocycles. The first kappa shape index (κ1) is 28.7. The quantitative estimate of drug-likeness (QED) is 0.170. The van der Waals surface area contributed by atoms with Gasteiger partial charge in [-0.25, -0.2) is 0 Å². The van der Waals surface area contributed by atoms with Gasteiger partial charge in [0.1, 0.15) is 0 Å². The predicted molar refractivity (Wildman–Crippen MR) is 155 cm³/mol. The predicted octanol–water partition coefficient (Wildman–Crippen LogP) is 8.44. The SMILES string of the molecule is CCCCC(CC)[CH2][Sn]1([CH2]C(CC)CCCC)[S]c2ccccc2[N]1S(=O)(=O)c1ccccc1N. The number of benzene rings is 2. The summed E-state index contributed by atoms with van der Waals surface area (Å²) in [5.74, 6) is 1.14. The molecule has 2 aromatic carbocycles. The number of hydrogen-bond donors (Lipinski definition) is 1. The molecule has 194 valence electrons. The summed E-state index contributed by atoms with van der Waals surface area (Å²) in [6.07, 6.45) is 9.40. The molecule has 2 N–H and O–H groups in total. The average molecular weight is 624 g/mol. The van der Waals surface area contributed by atoms with E-state index in [0.717, 1.165) is 32.3 Å². The van der Waals surface area contributed by atoms with Gasteiger partial charge in [-0.2, -0.15) is 0 Å². The number of rotatable bonds is 14. The van der Waals surface area contributed by atoms with Gasteiger partial charge in [-0.05, 0) is 0 Å². The Morgan fingerprint density at radius 1 is 0.857 bits per heavy atom. The molecule has 0 spiro atoms. The van der Waals surface area contributed by atoms with E-state index in [1.165, 1.54) is 38.5 Å². The van der Waals surface area contributed by atoms with Crippen LogP contribution in [0.1, 0.15) is 79.1 Å². The van der Waals surface area contributed by atoms with E-state index < -0.39 is 27.3 Å². The fraction of sp³-hybridized carbons (Fsp3) is 0.571. The third-order valence-electron chi connectivity index (χ3n) is 7.49. The van der Waals surface area contributed by atoms with Crippen molar-refractivity contribution >= 4 is 47.6 Å². The molecule has 1 aliphatic rings. The second kappa shape index (κ2) is 13.1. The van der Waals surface area contributed by atoms with Crippen molar-refractivity contribution < 1.29 is 8.42 Å². The minimum absolute atomic E-state index is 0.265. The fourth-order valence-electron chi connectivity index (χ4n) is 5.46. The Balaban J connectivity index is 2.17. The summed E-state index contributed by atoms with van der Waals surface area (Å²) >= 11 is -3.60. The molecule has 0 radical (unpaired) electrons. The Bertz CT molecular complexity index is 1040. The molecule has 2 aromatic rings. The topological polar surface area (TPSA) is 63.4 Å². The summed E-state index contributed by atoms with van der Waals surface area (Å²) in [6, 6.07) is 15.2. The van der Waals surface area contributed by atoms with Gasteiger partial charge < -0.3 is 0 Å². The monoisotopic (exact) mass is 624 g/mol. The van der Waals surface area contributed by atoms with Crippen molar-refractivity contribution in [2.45, 2.75) is 97.7 Å². The fourth-order valence-corrected chi connectivity index (χ4v) is 38.9. The Morgan fingerprint density at radius 2 is 1.40 bits per heavy atom. The number of para-hydroxylation sites is 2. The summed E-state index contributed by atoms with van der Waals surface area (Å²) < 4.78 is 33.1. The molecule has 0 amide bonds. The van der Waals surface area contributed by atoms with Gasteiger partial charge in [0.15, 0.2) is 0 Å². The summed E-state index contributed by atoms with van der Waals surface area (Å²) in [5, 5.41) is 0. The average Bonchev–Trinajstić information content (AvgIpc) is 3.18. The first-order chi connectivity index (χ1) is 16.8. The van der Waals surface area contributed by atoms with Crippen molar-refractivity contribution in [2.75, 3.05) is 8.26 Å². The van der Waals surface area contributed by atoms with E-state index in [9.17, 15) is 8.42 Å². The van der Waals surface area contributed by atoms with Gasteiger partial charge in [0.2, 0.25) is 0 Å². The Kier molecular flexibility index (Phi) is 10.7. The zero-order valence-electron chi connectivity index (χ0n) is 22.0. The number of nitrogen functional groups attached to an aromatic ring is 1. The van der Waals surface area contributed by atoms with Gasteiger partial charge in [0, 0.05) is 0 Å². The van der Waals surface area contributed by atoms with Crippen molar-refractivity contribution in [1.29, 1.82) is 0 Å². The Labute approximate surface area is 221 Å². The molecule has 0 saturated heterocycles. The summed E-state index contributed by atoms with van der Waals surface area (Å²) in [4.78, 5) is 1.42. The number of fused-ring (bicyclic) bond motifs is 1. The number of nitrogens with zero attached hydrogens (tertiary/aromatic N) is 1. The van der Waals surface area contributed by atoms with Gasteiger partial charge in [0.05, 0.1) is 0 Å². The van der Waals surface area contributed by atoms with E-state index in [1.807, 2.05) is 29.7 Å². The van der Waals surface area contributed by atoms with Crippen LogP contribution in [-0.4, -0.2) is 25.7 Å². The standard InChI is InChI=1S/C12H11N2O2S2.2C8H17.Sn/c13-9-5-1-4-8-12(9)18(15,16)14-10-6-2-3-7-11(10)17;2*1-4-6-7-8(3)5-2;/h1-8,17H,13H2;2*8H,3-7H2,1-2H3;/q-1;;;+2/p-1. The second-order valence-corrected chi connectivity index (χ2v) is 29.2. The van der Waals surface area contributed by atoms with E-state index in [-0.39, 0.29) is 4.90 Å². The van der Waals surface area contributed by atoms with Crippen LogP contribution in [0.2, 0.25) is 8.87 Å². The third-order valence-corrected chi connectivity index (χ3v) is 33.6. The van der Waals surface area contributed by atoms with Gasteiger partial charge in [-0.3, -0.25) is 0 Å². The van der Waals surface area contributed by atoms with Crippen LogP contribution in [-0.2, 0) is 10.0 Å². The minimum atomic E-state index is -3.76. The van der Waals surface area contributed by atoms with Crippen LogP contribution in [0.15, 0.2) is 58.3 Å². The molecule has 0 fully saturated rings. The van der Waals surface area contributed by atoms with E-state index in [1.54, 1.807) is 18.2 Å². The van der Waals surface area contributed by atoms with E-state index in [4.69, 9.17) is 5.73 Å². The van der Waals surface area contributed by atoms with Crippen LogP contribution in [0.3, 0.4) is 0 Å². The van der Waals surface area contributed by atoms with E-state index in [2.05, 4.69) is 39.8 Å². The molecule has 2 unspecified atom stereocenters. The molecule has 1 heterocycles. The van der Waals surface area contributed by atoms with Crippen LogP contribution in [0, 0.1) is 11.8 Å². The molecule has 2 atom stereocenters. The zero-order valence-corrected chi connectivity index (χ0v) is 26.5. The number of anilines is 2. The first-order valence-corrected chi connectivity index (χ1v) is 24.6. The van der Waals surface area contributed by atoms with Crippen LogP contribution >= 0.6 is 8.95 Å². The van der Waals surface area contributed by atoms with Gasteiger partial charge in [0.25, 0.3) is 0 Å². The van der Waals surface area contributed by atoms with Crippen molar-refractivity contribution in [2.24, 2.45) is 11.8 Å². The molecule has 0 aliphatic carbocycles. The van der Waals surface area contributed by atoms with Crippen LogP contribution in [0.25, 0.3) is 0 Å². The van der Waals surface area contributed by atoms with Crippen molar-refractivity contribution in [3.8, 4) is 0 Å². The van der Waals surface area contributed by atoms with E-state index in [0.29, 0.717) is 17.5 Å². The summed E-state index contributed by atoms with van der Waals surface area (Å²) in [7, 11) is -1.77. The van der Waals surface area contributed by atoms with Crippen molar-refractivity contribution in [3.63, 3.8) is 0 Å². The molecule has 0 bridgehead atoms. The molecular weight excluding hydrogens is 579 g/mol. The Hall–Kier alpha value is -0.861. The summed E-state index contributed by atoms with van der Waals surface area (Å²) in [5.41, 5.74) is 7.52. The van der Waals surface area contributed by atoms with Gasteiger partial charge in [-0.1, -0.05) is 0 Å². The van der Waals surface area contributed by atoms with E-state index >= 15 is 0 Å². The van der Waals surface area contributed by atoms with Crippen LogP contribution in [0.5, 0.6) is 0 Å². The van der Waals surface area contributed by atoms with Gasteiger partial charge >= 0.3 is 222 Å². The Morgan fingerprint density at radius 3 is 1.94 bits per heavy atom. The summed E-state index contributed by atoms with van der Waals surface area (Å²) in [6.45, 7) is 9.07. The molecule has 35 heavy (non-hydrogen) atoms. The van der Waals surface area contributed by atoms with Gasteiger partial charge in [-0.15, -0.1) is 0 Å². The van der Waals surface area contributed by atoms with Crippen LogP contribution < -0.4 is 8.26 Å². The maximum absolute atomic E-state index is 14.5. The molecule has 7 heteroatoms. The zero-order chi connectivity index (χ0) is 25.5. The number of nitrogens with two attached hydrogens (primary N) is 1. The molecular formula is C28H44N2O2S2Sn. The molecule has 1 aliphatic heterocycles. The molecule has 0 aromatic heterocycles. The van der Waals surface area contributed by atoms with Crippen molar-refractivity contribution in [1.82, 2.24) is 0 Å². The maximum atomic E-state index is 14.5. The third kappa shape index (κ3) is 6.53. The number of sulfonamides is 1. The second-order valence-electron chi connectivity index (χ2n) is 10.1. The number of hydrogen-bond acceptors (Lipinski definition) is 4. The normalized spacial score (nSPS) is 19.5. The van der Waals surface area contributed by atoms with Crippen molar-refractivity contribution in [3.05, 3.63) is 48.5 Å². The molecule has 4 nitrogen and oxygen atoms in total. The molecule has 3 rings (SSSR count).